The first kappa shape index (κ1) is 23.9. The number of aryl methyl sites for hydroxylation is 3. The Hall–Kier alpha value is -4.84. The standard InChI is InChI=1S/C28H24N6O3/c1-14(2)33-27(36)20-7-6-18(11-22(20)28(33)37)26(35)32-25-19(12-29)13-30-34(25)23-10-16(4)21-9-15(3)8-17(5)24(21)31-23/h6-11,13-14H,1-5H3,(H,32,35). The predicted molar refractivity (Wildman–Crippen MR) is 138 cm³/mol. The van der Waals surface area contributed by atoms with Gasteiger partial charge in [-0.25, -0.2) is 4.98 Å². The highest BCUT2D eigenvalue weighted by Gasteiger charge is 2.37. The number of rotatable bonds is 4. The largest absolute Gasteiger partial charge is 0.305 e. The lowest BCUT2D eigenvalue weighted by Crippen LogP contribution is -2.35. The van der Waals surface area contributed by atoms with Gasteiger partial charge < -0.3 is 5.32 Å². The molecule has 3 heterocycles. The van der Waals surface area contributed by atoms with Crippen LogP contribution in [0.25, 0.3) is 16.7 Å². The quantitative estimate of drug-likeness (QED) is 0.420. The van der Waals surface area contributed by atoms with Gasteiger partial charge in [-0.05, 0) is 76.1 Å². The van der Waals surface area contributed by atoms with Crippen LogP contribution in [-0.2, 0) is 0 Å². The smallest absolute Gasteiger partial charge is 0.261 e. The molecule has 0 unspecified atom stereocenters. The first-order valence-corrected chi connectivity index (χ1v) is 11.8. The highest BCUT2D eigenvalue weighted by molar-refractivity contribution is 6.22. The van der Waals surface area contributed by atoms with Gasteiger partial charge in [0.2, 0.25) is 0 Å². The van der Waals surface area contributed by atoms with Gasteiger partial charge in [-0.2, -0.15) is 15.0 Å². The zero-order chi connectivity index (χ0) is 26.6. The van der Waals surface area contributed by atoms with Crippen molar-refractivity contribution in [2.75, 3.05) is 5.32 Å². The Morgan fingerprint density at radius 1 is 1.00 bits per heavy atom. The summed E-state index contributed by atoms with van der Waals surface area (Å²) in [5.41, 5.74) is 4.71. The van der Waals surface area contributed by atoms with Crippen LogP contribution in [0, 0.1) is 32.1 Å². The Bertz CT molecular complexity index is 1690. The Balaban J connectivity index is 1.54. The number of hydrogen-bond donors (Lipinski definition) is 1. The van der Waals surface area contributed by atoms with E-state index in [-0.39, 0.29) is 40.0 Å². The topological polar surface area (TPSA) is 121 Å². The summed E-state index contributed by atoms with van der Waals surface area (Å²) in [6.07, 6.45) is 1.37. The number of nitrogens with one attached hydrogen (secondary N) is 1. The van der Waals surface area contributed by atoms with Crippen molar-refractivity contribution in [3.05, 3.63) is 81.5 Å². The molecule has 0 saturated carbocycles. The molecular formula is C28H24N6O3. The van der Waals surface area contributed by atoms with Gasteiger partial charge in [0.05, 0.1) is 22.8 Å². The fourth-order valence-corrected chi connectivity index (χ4v) is 4.71. The third-order valence-corrected chi connectivity index (χ3v) is 6.48. The lowest BCUT2D eigenvalue weighted by atomic mass is 10.0. The molecule has 4 aromatic rings. The number of imide groups is 1. The van der Waals surface area contributed by atoms with Gasteiger partial charge in [-0.1, -0.05) is 11.6 Å². The molecule has 37 heavy (non-hydrogen) atoms. The van der Waals surface area contributed by atoms with Crippen LogP contribution in [-0.4, -0.2) is 43.4 Å². The van der Waals surface area contributed by atoms with Gasteiger partial charge in [-0.15, -0.1) is 0 Å². The average Bonchev–Trinajstić information content (AvgIpc) is 3.37. The number of carbonyl (C=O) groups is 3. The van der Waals surface area contributed by atoms with E-state index in [1.165, 1.54) is 34.0 Å². The van der Waals surface area contributed by atoms with E-state index in [0.717, 1.165) is 27.6 Å². The maximum atomic E-state index is 13.2. The molecule has 0 aliphatic carbocycles. The van der Waals surface area contributed by atoms with Crippen molar-refractivity contribution >= 4 is 34.4 Å². The minimum Gasteiger partial charge on any atom is -0.305 e. The maximum absolute atomic E-state index is 13.2. The van der Waals surface area contributed by atoms with Gasteiger partial charge in [-0.3, -0.25) is 19.3 Å². The summed E-state index contributed by atoms with van der Waals surface area (Å²) < 4.78 is 1.42. The summed E-state index contributed by atoms with van der Waals surface area (Å²) in [6, 6.07) is 12.1. The van der Waals surface area contributed by atoms with Gasteiger partial charge >= 0.3 is 0 Å². The van der Waals surface area contributed by atoms with Crippen molar-refractivity contribution in [1.29, 1.82) is 5.26 Å². The van der Waals surface area contributed by atoms with Crippen molar-refractivity contribution in [3.8, 4) is 11.9 Å². The molecule has 5 rings (SSSR count). The van der Waals surface area contributed by atoms with Gasteiger partial charge in [0.25, 0.3) is 17.7 Å². The van der Waals surface area contributed by atoms with E-state index in [4.69, 9.17) is 4.98 Å². The molecule has 9 nitrogen and oxygen atoms in total. The number of fused-ring (bicyclic) bond motifs is 2. The lowest BCUT2D eigenvalue weighted by Gasteiger charge is -2.17. The fraction of sp³-hybridized carbons (Fsp3) is 0.214. The van der Waals surface area contributed by atoms with E-state index < -0.39 is 11.8 Å². The number of aromatic nitrogens is 3. The summed E-state index contributed by atoms with van der Waals surface area (Å²) in [6.45, 7) is 9.50. The second-order valence-corrected chi connectivity index (χ2v) is 9.49. The van der Waals surface area contributed by atoms with Crippen LogP contribution in [0.2, 0.25) is 0 Å². The minimum atomic E-state index is -0.548. The Labute approximate surface area is 213 Å². The minimum absolute atomic E-state index is 0.159. The van der Waals surface area contributed by atoms with E-state index in [0.29, 0.717) is 5.82 Å². The fourth-order valence-electron chi connectivity index (χ4n) is 4.71. The number of nitrogens with zero attached hydrogens (tertiary/aromatic N) is 5. The predicted octanol–water partition coefficient (Wildman–Crippen LogP) is 4.47. The summed E-state index contributed by atoms with van der Waals surface area (Å²) in [5, 5.41) is 17.8. The Morgan fingerprint density at radius 2 is 1.73 bits per heavy atom. The molecule has 1 aliphatic heterocycles. The SMILES string of the molecule is Cc1cc(C)c2nc(-n3ncc(C#N)c3NC(=O)c3ccc4c(c3)C(=O)N(C(C)C)C4=O)cc(C)c2c1. The Morgan fingerprint density at radius 3 is 2.43 bits per heavy atom. The molecule has 1 aliphatic rings. The normalized spacial score (nSPS) is 12.8. The second-order valence-electron chi connectivity index (χ2n) is 9.49. The van der Waals surface area contributed by atoms with Crippen molar-refractivity contribution in [2.24, 2.45) is 0 Å². The molecule has 9 heteroatoms. The first-order chi connectivity index (χ1) is 17.6. The summed E-state index contributed by atoms with van der Waals surface area (Å²) >= 11 is 0. The summed E-state index contributed by atoms with van der Waals surface area (Å²) in [4.78, 5) is 44.6. The Kier molecular flexibility index (Phi) is 5.60. The van der Waals surface area contributed by atoms with E-state index in [9.17, 15) is 19.6 Å². The molecule has 2 aromatic carbocycles. The molecule has 3 amide bonds. The lowest BCUT2D eigenvalue weighted by molar-refractivity contribution is 0.0609. The van der Waals surface area contributed by atoms with Crippen molar-refractivity contribution in [2.45, 2.75) is 40.7 Å². The zero-order valence-corrected chi connectivity index (χ0v) is 21.1. The molecule has 1 N–H and O–H groups in total. The number of nitriles is 1. The summed E-state index contributed by atoms with van der Waals surface area (Å²) in [5.74, 6) is -0.747. The van der Waals surface area contributed by atoms with Crippen LogP contribution in [0.4, 0.5) is 5.82 Å². The number of benzene rings is 2. The van der Waals surface area contributed by atoms with Gasteiger partial charge in [0.15, 0.2) is 11.6 Å². The van der Waals surface area contributed by atoms with E-state index in [2.05, 4.69) is 22.6 Å². The zero-order valence-electron chi connectivity index (χ0n) is 21.1. The van der Waals surface area contributed by atoms with Crippen molar-refractivity contribution < 1.29 is 14.4 Å². The summed E-state index contributed by atoms with van der Waals surface area (Å²) in [7, 11) is 0. The number of hydrogen-bond acceptors (Lipinski definition) is 6. The van der Waals surface area contributed by atoms with Crippen LogP contribution in [0.1, 0.15) is 67.2 Å². The van der Waals surface area contributed by atoms with Crippen LogP contribution in [0.5, 0.6) is 0 Å². The maximum Gasteiger partial charge on any atom is 0.261 e. The molecule has 0 atom stereocenters. The second kappa shape index (κ2) is 8.68. The van der Waals surface area contributed by atoms with Crippen molar-refractivity contribution in [3.63, 3.8) is 0 Å². The average molecular weight is 493 g/mol. The van der Waals surface area contributed by atoms with Gasteiger partial charge in [0.1, 0.15) is 11.6 Å². The number of pyridine rings is 1. The monoisotopic (exact) mass is 492 g/mol. The van der Waals surface area contributed by atoms with Gasteiger partial charge in [0, 0.05) is 17.0 Å². The van der Waals surface area contributed by atoms with E-state index >= 15 is 0 Å². The third kappa shape index (κ3) is 3.83. The number of amides is 3. The molecule has 0 spiro atoms. The van der Waals surface area contributed by atoms with E-state index in [1.807, 2.05) is 32.9 Å². The highest BCUT2D eigenvalue weighted by atomic mass is 16.2. The highest BCUT2D eigenvalue weighted by Crippen LogP contribution is 2.28. The first-order valence-electron chi connectivity index (χ1n) is 11.8. The van der Waals surface area contributed by atoms with E-state index in [1.54, 1.807) is 13.8 Å². The van der Waals surface area contributed by atoms with Crippen molar-refractivity contribution in [1.82, 2.24) is 19.7 Å². The third-order valence-electron chi connectivity index (χ3n) is 6.48. The number of anilines is 1. The van der Waals surface area contributed by atoms with Crippen LogP contribution < -0.4 is 5.32 Å². The molecule has 0 radical (unpaired) electrons. The molecule has 0 fully saturated rings. The molecule has 0 saturated heterocycles. The number of carbonyl (C=O) groups excluding carboxylic acids is 3. The molecule has 2 aromatic heterocycles. The van der Waals surface area contributed by atoms with Crippen LogP contribution in [0.3, 0.4) is 0 Å². The molecule has 184 valence electrons. The molecule has 0 bridgehead atoms. The molecular weight excluding hydrogens is 468 g/mol. The van der Waals surface area contributed by atoms with Crippen LogP contribution in [0.15, 0.2) is 42.6 Å². The van der Waals surface area contributed by atoms with Crippen LogP contribution >= 0.6 is 0 Å².